The van der Waals surface area contributed by atoms with Gasteiger partial charge in [-0.1, -0.05) is 24.3 Å². The topological polar surface area (TPSA) is 72.5 Å². The molecule has 0 unspecified atom stereocenters. The lowest BCUT2D eigenvalue weighted by molar-refractivity contribution is -0.115. The van der Waals surface area contributed by atoms with Crippen LogP contribution in [0.1, 0.15) is 15.9 Å². The Bertz CT molecular complexity index is 864. The minimum Gasteiger partial charge on any atom is -0.422 e. The van der Waals surface area contributed by atoms with Gasteiger partial charge in [0.1, 0.15) is 5.75 Å². The van der Waals surface area contributed by atoms with Crippen molar-refractivity contribution >= 4 is 50.9 Å². The maximum atomic E-state index is 12.1. The molecule has 0 aliphatic carbocycles. The molecular formula is C17H10BrNO4S. The molecule has 1 N–H and O–H groups in total. The van der Waals surface area contributed by atoms with Gasteiger partial charge in [0, 0.05) is 0 Å². The average Bonchev–Trinajstić information content (AvgIpc) is 2.88. The van der Waals surface area contributed by atoms with Gasteiger partial charge in [-0.25, -0.2) is 4.79 Å². The first kappa shape index (κ1) is 16.5. The van der Waals surface area contributed by atoms with Crippen LogP contribution in [0.4, 0.5) is 4.79 Å². The van der Waals surface area contributed by atoms with Crippen molar-refractivity contribution in [2.24, 2.45) is 0 Å². The van der Waals surface area contributed by atoms with Gasteiger partial charge in [-0.3, -0.25) is 14.9 Å². The SMILES string of the molecule is O=C1NC(=O)/C(=C/c2ccc(OC(=O)c3ccccc3)c(Br)c2)S1. The van der Waals surface area contributed by atoms with Gasteiger partial charge in [0.05, 0.1) is 14.9 Å². The van der Waals surface area contributed by atoms with E-state index in [1.807, 2.05) is 6.07 Å². The quantitative estimate of drug-likeness (QED) is 0.476. The summed E-state index contributed by atoms with van der Waals surface area (Å²) in [7, 11) is 0. The van der Waals surface area contributed by atoms with Crippen LogP contribution in [0.25, 0.3) is 6.08 Å². The second-order valence-corrected chi connectivity index (χ2v) is 6.67. The van der Waals surface area contributed by atoms with Crippen molar-refractivity contribution < 1.29 is 19.1 Å². The first-order chi connectivity index (χ1) is 11.5. The summed E-state index contributed by atoms with van der Waals surface area (Å²) in [5.41, 5.74) is 1.15. The fourth-order valence-electron chi connectivity index (χ4n) is 2.00. The highest BCUT2D eigenvalue weighted by Crippen LogP contribution is 2.30. The molecule has 2 amide bonds. The Hall–Kier alpha value is -2.38. The van der Waals surface area contributed by atoms with Crippen LogP contribution in [0, 0.1) is 0 Å². The summed E-state index contributed by atoms with van der Waals surface area (Å²) >= 11 is 4.19. The normalized spacial score (nSPS) is 15.5. The molecule has 1 heterocycles. The first-order valence-electron chi connectivity index (χ1n) is 6.84. The second kappa shape index (κ2) is 7.02. The predicted octanol–water partition coefficient (Wildman–Crippen LogP) is 3.99. The lowest BCUT2D eigenvalue weighted by atomic mass is 10.2. The highest BCUT2D eigenvalue weighted by atomic mass is 79.9. The lowest BCUT2D eigenvalue weighted by Gasteiger charge is -2.07. The maximum absolute atomic E-state index is 12.1. The van der Waals surface area contributed by atoms with Crippen LogP contribution in [0.5, 0.6) is 5.75 Å². The summed E-state index contributed by atoms with van der Waals surface area (Å²) in [6.45, 7) is 0. The summed E-state index contributed by atoms with van der Waals surface area (Å²) in [5.74, 6) is -0.509. The van der Waals surface area contributed by atoms with Crippen molar-refractivity contribution in [3.63, 3.8) is 0 Å². The third-order valence-corrected chi connectivity index (χ3v) is 4.54. The molecule has 0 spiro atoms. The van der Waals surface area contributed by atoms with E-state index in [4.69, 9.17) is 4.74 Å². The minimum absolute atomic E-state index is 0.320. The number of halogens is 1. The number of imide groups is 1. The van der Waals surface area contributed by atoms with E-state index in [0.717, 1.165) is 11.8 Å². The van der Waals surface area contributed by atoms with Gasteiger partial charge in [-0.2, -0.15) is 0 Å². The average molecular weight is 404 g/mol. The number of benzene rings is 2. The van der Waals surface area contributed by atoms with Gasteiger partial charge < -0.3 is 4.74 Å². The Morgan fingerprint density at radius 3 is 2.50 bits per heavy atom. The molecule has 1 fully saturated rings. The van der Waals surface area contributed by atoms with Gasteiger partial charge in [0.2, 0.25) is 0 Å². The fourth-order valence-corrected chi connectivity index (χ4v) is 3.15. The third-order valence-electron chi connectivity index (χ3n) is 3.11. The molecule has 5 nitrogen and oxygen atoms in total. The first-order valence-corrected chi connectivity index (χ1v) is 8.45. The molecule has 0 aromatic heterocycles. The molecule has 0 bridgehead atoms. The van der Waals surface area contributed by atoms with E-state index in [9.17, 15) is 14.4 Å². The molecule has 0 radical (unpaired) electrons. The van der Waals surface area contributed by atoms with Crippen molar-refractivity contribution in [2.75, 3.05) is 0 Å². The number of ether oxygens (including phenoxy) is 1. The zero-order valence-electron chi connectivity index (χ0n) is 12.1. The number of hydrogen-bond acceptors (Lipinski definition) is 5. The molecule has 24 heavy (non-hydrogen) atoms. The smallest absolute Gasteiger partial charge is 0.343 e. The van der Waals surface area contributed by atoms with E-state index in [1.165, 1.54) is 0 Å². The van der Waals surface area contributed by atoms with Crippen LogP contribution in [-0.2, 0) is 4.79 Å². The van der Waals surface area contributed by atoms with E-state index in [-0.39, 0.29) is 0 Å². The fraction of sp³-hybridized carbons (Fsp3) is 0. The van der Waals surface area contributed by atoms with Crippen molar-refractivity contribution in [2.45, 2.75) is 0 Å². The van der Waals surface area contributed by atoms with Crippen molar-refractivity contribution in [1.29, 1.82) is 0 Å². The van der Waals surface area contributed by atoms with E-state index in [2.05, 4.69) is 21.2 Å². The molecule has 1 aliphatic rings. The van der Waals surface area contributed by atoms with E-state index < -0.39 is 17.1 Å². The van der Waals surface area contributed by atoms with E-state index in [0.29, 0.717) is 26.3 Å². The Morgan fingerprint density at radius 2 is 1.88 bits per heavy atom. The monoisotopic (exact) mass is 403 g/mol. The van der Waals surface area contributed by atoms with E-state index >= 15 is 0 Å². The zero-order valence-corrected chi connectivity index (χ0v) is 14.5. The molecule has 7 heteroatoms. The number of nitrogens with one attached hydrogen (secondary N) is 1. The summed E-state index contributed by atoms with van der Waals surface area (Å²) < 4.78 is 5.91. The number of rotatable bonds is 3. The molecule has 0 saturated carbocycles. The Balaban J connectivity index is 1.78. The number of carbonyl (C=O) groups is 3. The number of hydrogen-bond donors (Lipinski definition) is 1. The summed E-state index contributed by atoms with van der Waals surface area (Å²) in [5, 5.41) is 1.80. The van der Waals surface area contributed by atoms with Gasteiger partial charge in [0.15, 0.2) is 0 Å². The number of esters is 1. The van der Waals surface area contributed by atoms with E-state index in [1.54, 1.807) is 48.5 Å². The predicted molar refractivity (Wildman–Crippen MR) is 94.6 cm³/mol. The molecular weight excluding hydrogens is 394 g/mol. The highest BCUT2D eigenvalue weighted by molar-refractivity contribution is 9.10. The standard InChI is InChI=1S/C17H10BrNO4S/c18-12-8-10(9-14-15(20)19-17(22)24-14)6-7-13(12)23-16(21)11-4-2-1-3-5-11/h1-9H,(H,19,20,22)/b14-9-. The summed E-state index contributed by atoms with van der Waals surface area (Å²) in [4.78, 5) is 35.1. The Labute approximate surface area is 150 Å². The zero-order chi connectivity index (χ0) is 17.1. The minimum atomic E-state index is -0.460. The van der Waals surface area contributed by atoms with Gasteiger partial charge in [-0.15, -0.1) is 0 Å². The Morgan fingerprint density at radius 1 is 1.12 bits per heavy atom. The van der Waals surface area contributed by atoms with Crippen LogP contribution < -0.4 is 10.1 Å². The van der Waals surface area contributed by atoms with Crippen LogP contribution in [0.15, 0.2) is 57.9 Å². The third kappa shape index (κ3) is 3.74. The van der Waals surface area contributed by atoms with Crippen LogP contribution in [-0.4, -0.2) is 17.1 Å². The number of thioether (sulfide) groups is 1. The highest BCUT2D eigenvalue weighted by Gasteiger charge is 2.25. The summed E-state index contributed by atoms with van der Waals surface area (Å²) in [6, 6.07) is 13.7. The molecule has 120 valence electrons. The molecule has 1 aliphatic heterocycles. The molecule has 0 atom stereocenters. The van der Waals surface area contributed by atoms with Gasteiger partial charge in [0.25, 0.3) is 11.1 Å². The number of amides is 2. The summed E-state index contributed by atoms with van der Waals surface area (Å²) in [6.07, 6.45) is 1.60. The molecule has 2 aromatic rings. The van der Waals surface area contributed by atoms with Crippen LogP contribution >= 0.6 is 27.7 Å². The van der Waals surface area contributed by atoms with Gasteiger partial charge in [-0.05, 0) is 63.6 Å². The molecule has 1 saturated heterocycles. The second-order valence-electron chi connectivity index (χ2n) is 4.80. The molecule has 2 aromatic carbocycles. The van der Waals surface area contributed by atoms with Crippen molar-refractivity contribution in [3.05, 3.63) is 69.0 Å². The maximum Gasteiger partial charge on any atom is 0.343 e. The van der Waals surface area contributed by atoms with Crippen molar-refractivity contribution in [1.82, 2.24) is 5.32 Å². The Kier molecular flexibility index (Phi) is 4.82. The van der Waals surface area contributed by atoms with Crippen LogP contribution in [0.2, 0.25) is 0 Å². The largest absolute Gasteiger partial charge is 0.422 e. The lowest BCUT2D eigenvalue weighted by Crippen LogP contribution is -2.17. The van der Waals surface area contributed by atoms with Crippen molar-refractivity contribution in [3.8, 4) is 5.75 Å². The number of carbonyl (C=O) groups excluding carboxylic acids is 3. The van der Waals surface area contributed by atoms with Crippen LogP contribution in [0.3, 0.4) is 0 Å². The molecule has 3 rings (SSSR count). The van der Waals surface area contributed by atoms with Gasteiger partial charge >= 0.3 is 5.97 Å².